The van der Waals surface area contributed by atoms with Crippen LogP contribution in [0.1, 0.15) is 32.8 Å². The predicted molar refractivity (Wildman–Crippen MR) is 81.3 cm³/mol. The van der Waals surface area contributed by atoms with Crippen LogP contribution in [0.5, 0.6) is 0 Å². The van der Waals surface area contributed by atoms with Gasteiger partial charge >= 0.3 is 17.9 Å². The number of carboxylic acids is 1. The van der Waals surface area contributed by atoms with Gasteiger partial charge in [0.2, 0.25) is 5.54 Å². The molecular weight excluding hydrogens is 302 g/mol. The molecule has 7 heteroatoms. The lowest BCUT2D eigenvalue weighted by molar-refractivity contribution is -0.175. The van der Waals surface area contributed by atoms with Crippen molar-refractivity contribution in [1.29, 1.82) is 0 Å². The molecule has 1 atom stereocenters. The van der Waals surface area contributed by atoms with E-state index in [0.29, 0.717) is 5.56 Å². The number of esters is 2. The van der Waals surface area contributed by atoms with Gasteiger partial charge in [-0.1, -0.05) is 30.3 Å². The Morgan fingerprint density at radius 3 is 2.13 bits per heavy atom. The van der Waals surface area contributed by atoms with Gasteiger partial charge in [-0.2, -0.15) is 0 Å². The topological polar surface area (TPSA) is 116 Å². The van der Waals surface area contributed by atoms with Crippen LogP contribution < -0.4 is 5.73 Å². The van der Waals surface area contributed by atoms with E-state index in [0.717, 1.165) is 0 Å². The highest BCUT2D eigenvalue weighted by Crippen LogP contribution is 2.18. The highest BCUT2D eigenvalue weighted by Gasteiger charge is 2.48. The van der Waals surface area contributed by atoms with Crippen molar-refractivity contribution in [3.05, 3.63) is 35.9 Å². The fraction of sp³-hybridized carbons (Fsp3) is 0.438. The molecule has 0 aliphatic carbocycles. The first-order valence-corrected chi connectivity index (χ1v) is 7.00. The maximum Gasteiger partial charge on any atom is 0.339 e. The molecule has 0 bridgehead atoms. The Balaban J connectivity index is 2.88. The minimum absolute atomic E-state index is 0.124. The molecule has 1 unspecified atom stereocenters. The van der Waals surface area contributed by atoms with Crippen molar-refractivity contribution in [3.8, 4) is 0 Å². The lowest BCUT2D eigenvalue weighted by atomic mass is 9.96. The zero-order valence-electron chi connectivity index (χ0n) is 13.4. The van der Waals surface area contributed by atoms with Gasteiger partial charge in [0, 0.05) is 0 Å². The standard InChI is InChI=1S/C16H21NO6/c1-15(2,3)23-14(21)16(17,9-12(18)19)13(20)22-10-11-7-5-4-6-8-11/h4-8H,9-10,17H2,1-3H3,(H,18,19). The molecule has 0 aliphatic rings. The van der Waals surface area contributed by atoms with E-state index in [9.17, 15) is 14.4 Å². The normalized spacial score (nSPS) is 13.7. The van der Waals surface area contributed by atoms with Crippen LogP contribution in [0.2, 0.25) is 0 Å². The average Bonchev–Trinajstić information content (AvgIpc) is 2.43. The number of carboxylic acid groups (broad SMARTS) is 1. The van der Waals surface area contributed by atoms with Gasteiger partial charge in [-0.3, -0.25) is 4.79 Å². The molecular formula is C16H21NO6. The van der Waals surface area contributed by atoms with Crippen molar-refractivity contribution >= 4 is 17.9 Å². The minimum atomic E-state index is -2.39. The molecule has 0 spiro atoms. The molecule has 0 amide bonds. The molecule has 0 heterocycles. The second-order valence-electron chi connectivity index (χ2n) is 6.11. The van der Waals surface area contributed by atoms with Crippen molar-refractivity contribution < 1.29 is 29.0 Å². The zero-order valence-corrected chi connectivity index (χ0v) is 13.4. The quantitative estimate of drug-likeness (QED) is 0.597. The van der Waals surface area contributed by atoms with Gasteiger partial charge in [0.15, 0.2) is 0 Å². The lowest BCUT2D eigenvalue weighted by Gasteiger charge is -2.28. The summed E-state index contributed by atoms with van der Waals surface area (Å²) in [6.07, 6.45) is -0.921. The van der Waals surface area contributed by atoms with E-state index in [1.54, 1.807) is 51.1 Å². The molecule has 1 rings (SSSR count). The Bertz CT molecular complexity index is 578. The third kappa shape index (κ3) is 5.71. The number of ether oxygens (including phenoxy) is 2. The Kier molecular flexibility index (Phi) is 5.86. The third-order valence-electron chi connectivity index (χ3n) is 2.77. The van der Waals surface area contributed by atoms with E-state index in [2.05, 4.69) is 0 Å². The predicted octanol–water partition coefficient (Wildman–Crippen LogP) is 1.24. The van der Waals surface area contributed by atoms with Crippen LogP contribution >= 0.6 is 0 Å². The van der Waals surface area contributed by atoms with E-state index >= 15 is 0 Å². The SMILES string of the molecule is CC(C)(C)OC(=O)C(N)(CC(=O)O)C(=O)OCc1ccccc1. The van der Waals surface area contributed by atoms with Crippen molar-refractivity contribution in [3.63, 3.8) is 0 Å². The number of nitrogens with two attached hydrogens (primary N) is 1. The first-order chi connectivity index (χ1) is 10.5. The van der Waals surface area contributed by atoms with Crippen LogP contribution in [0, 0.1) is 0 Å². The summed E-state index contributed by atoms with van der Waals surface area (Å²) in [5.74, 6) is -3.68. The Hall–Kier alpha value is -2.41. The Morgan fingerprint density at radius 2 is 1.65 bits per heavy atom. The largest absolute Gasteiger partial charge is 0.481 e. The maximum absolute atomic E-state index is 12.2. The molecule has 23 heavy (non-hydrogen) atoms. The van der Waals surface area contributed by atoms with Gasteiger partial charge in [0.05, 0.1) is 6.42 Å². The van der Waals surface area contributed by atoms with Crippen LogP contribution in [0.25, 0.3) is 0 Å². The fourth-order valence-corrected chi connectivity index (χ4v) is 1.69. The molecule has 0 aliphatic heterocycles. The first-order valence-electron chi connectivity index (χ1n) is 7.00. The molecule has 1 aromatic carbocycles. The van der Waals surface area contributed by atoms with Crippen LogP contribution in [0.15, 0.2) is 30.3 Å². The fourth-order valence-electron chi connectivity index (χ4n) is 1.69. The smallest absolute Gasteiger partial charge is 0.339 e. The molecule has 0 saturated carbocycles. The zero-order chi connectivity index (χ0) is 17.7. The number of rotatable bonds is 6. The van der Waals surface area contributed by atoms with Crippen LogP contribution in [-0.4, -0.2) is 34.2 Å². The summed E-state index contributed by atoms with van der Waals surface area (Å²) in [4.78, 5) is 35.3. The lowest BCUT2D eigenvalue weighted by Crippen LogP contribution is -2.59. The number of hydrogen-bond acceptors (Lipinski definition) is 6. The van der Waals surface area contributed by atoms with E-state index in [1.165, 1.54) is 0 Å². The molecule has 0 aromatic heterocycles. The molecule has 7 nitrogen and oxygen atoms in total. The summed E-state index contributed by atoms with van der Waals surface area (Å²) in [5.41, 5.74) is 3.10. The van der Waals surface area contributed by atoms with Gasteiger partial charge in [-0.05, 0) is 26.3 Å². The van der Waals surface area contributed by atoms with Gasteiger partial charge in [0.25, 0.3) is 0 Å². The number of carbonyl (C=O) groups is 3. The summed E-state index contributed by atoms with van der Waals surface area (Å²) >= 11 is 0. The van der Waals surface area contributed by atoms with E-state index in [1.807, 2.05) is 0 Å². The van der Waals surface area contributed by atoms with Crippen LogP contribution in [0.4, 0.5) is 0 Å². The maximum atomic E-state index is 12.2. The van der Waals surface area contributed by atoms with Crippen LogP contribution in [0.3, 0.4) is 0 Å². The summed E-state index contributed by atoms with van der Waals surface area (Å²) in [6, 6.07) is 8.74. The van der Waals surface area contributed by atoms with Crippen molar-refractivity contribution in [1.82, 2.24) is 0 Å². The van der Waals surface area contributed by atoms with E-state index in [-0.39, 0.29) is 6.61 Å². The second-order valence-corrected chi connectivity index (χ2v) is 6.11. The van der Waals surface area contributed by atoms with Crippen LogP contribution in [-0.2, 0) is 30.5 Å². The van der Waals surface area contributed by atoms with Gasteiger partial charge in [-0.25, -0.2) is 9.59 Å². The van der Waals surface area contributed by atoms with Crippen molar-refractivity contribution in [2.24, 2.45) is 5.73 Å². The van der Waals surface area contributed by atoms with E-state index < -0.39 is 35.5 Å². The summed E-state index contributed by atoms with van der Waals surface area (Å²) < 4.78 is 10.1. The number of benzene rings is 1. The van der Waals surface area contributed by atoms with Gasteiger partial charge in [-0.15, -0.1) is 0 Å². The number of hydrogen-bond donors (Lipinski definition) is 2. The summed E-state index contributed by atoms with van der Waals surface area (Å²) in [6.45, 7) is 4.63. The van der Waals surface area contributed by atoms with Crippen molar-refractivity contribution in [2.45, 2.75) is 44.9 Å². The summed E-state index contributed by atoms with van der Waals surface area (Å²) in [7, 11) is 0. The molecule has 0 saturated heterocycles. The minimum Gasteiger partial charge on any atom is -0.481 e. The highest BCUT2D eigenvalue weighted by atomic mass is 16.6. The monoisotopic (exact) mass is 323 g/mol. The highest BCUT2D eigenvalue weighted by molar-refractivity contribution is 6.07. The first kappa shape index (κ1) is 18.6. The molecule has 0 fully saturated rings. The molecule has 0 radical (unpaired) electrons. The number of carbonyl (C=O) groups excluding carboxylic acids is 2. The Morgan fingerprint density at radius 1 is 1.09 bits per heavy atom. The van der Waals surface area contributed by atoms with Gasteiger partial charge in [0.1, 0.15) is 12.2 Å². The Labute approximate surface area is 134 Å². The second kappa shape index (κ2) is 7.23. The summed E-state index contributed by atoms with van der Waals surface area (Å²) in [5, 5.41) is 8.93. The number of aliphatic carboxylic acids is 1. The average molecular weight is 323 g/mol. The van der Waals surface area contributed by atoms with Crippen molar-refractivity contribution in [2.75, 3.05) is 0 Å². The van der Waals surface area contributed by atoms with E-state index in [4.69, 9.17) is 20.3 Å². The molecule has 126 valence electrons. The third-order valence-corrected chi connectivity index (χ3v) is 2.77. The molecule has 1 aromatic rings. The van der Waals surface area contributed by atoms with Gasteiger partial charge < -0.3 is 20.3 Å². The molecule has 3 N–H and O–H groups in total.